The zero-order chi connectivity index (χ0) is 16.3. The average Bonchev–Trinajstić information content (AvgIpc) is 2.92. The number of ether oxygens (including phenoxy) is 1. The van der Waals surface area contributed by atoms with Crippen molar-refractivity contribution in [1.29, 1.82) is 0 Å². The van der Waals surface area contributed by atoms with E-state index < -0.39 is 17.7 Å². The first-order valence-corrected chi connectivity index (χ1v) is 7.29. The van der Waals surface area contributed by atoms with Gasteiger partial charge in [-0.1, -0.05) is 11.8 Å². The number of rotatable bonds is 4. The Morgan fingerprint density at radius 1 is 1.41 bits per heavy atom. The van der Waals surface area contributed by atoms with Crippen LogP contribution in [0.2, 0.25) is 0 Å². The van der Waals surface area contributed by atoms with Crippen LogP contribution in [0.25, 0.3) is 0 Å². The van der Waals surface area contributed by atoms with Gasteiger partial charge < -0.3 is 4.74 Å². The molecule has 0 unspecified atom stereocenters. The minimum absolute atomic E-state index is 0.00940. The highest BCUT2D eigenvalue weighted by atomic mass is 32.2. The van der Waals surface area contributed by atoms with Gasteiger partial charge in [-0.3, -0.25) is 0 Å². The van der Waals surface area contributed by atoms with Crippen LogP contribution in [0, 0.1) is 0 Å². The van der Waals surface area contributed by atoms with Crippen molar-refractivity contribution in [3.63, 3.8) is 0 Å². The summed E-state index contributed by atoms with van der Waals surface area (Å²) < 4.78 is 44.6. The topological polar surface area (TPSA) is 57.0 Å². The number of benzene rings is 1. The lowest BCUT2D eigenvalue weighted by Crippen LogP contribution is -2.13. The zero-order valence-electron chi connectivity index (χ0n) is 11.7. The third-order valence-corrected chi connectivity index (χ3v) is 3.60. The quantitative estimate of drug-likeness (QED) is 0.637. The van der Waals surface area contributed by atoms with Crippen LogP contribution in [0.5, 0.6) is 0 Å². The van der Waals surface area contributed by atoms with Crippen LogP contribution in [0.3, 0.4) is 0 Å². The van der Waals surface area contributed by atoms with Crippen LogP contribution in [-0.4, -0.2) is 34.1 Å². The molecule has 2 aromatic rings. The van der Waals surface area contributed by atoms with E-state index in [-0.39, 0.29) is 17.7 Å². The first kappa shape index (κ1) is 16.3. The number of esters is 1. The molecule has 0 radical (unpaired) electrons. The van der Waals surface area contributed by atoms with Crippen LogP contribution in [0.1, 0.15) is 21.5 Å². The van der Waals surface area contributed by atoms with E-state index in [2.05, 4.69) is 14.8 Å². The highest BCUT2D eigenvalue weighted by Crippen LogP contribution is 2.31. The number of alkyl halides is 3. The molecule has 0 saturated carbocycles. The number of thioether (sulfide) groups is 1. The zero-order valence-corrected chi connectivity index (χ0v) is 12.5. The summed E-state index contributed by atoms with van der Waals surface area (Å²) in [4.78, 5) is 15.7. The highest BCUT2D eigenvalue weighted by molar-refractivity contribution is 7.98. The van der Waals surface area contributed by atoms with E-state index in [1.807, 2.05) is 0 Å². The Kier molecular flexibility index (Phi) is 4.74. The molecule has 0 atom stereocenters. The van der Waals surface area contributed by atoms with Crippen LogP contribution < -0.4 is 0 Å². The fraction of sp³-hybridized carbons (Fsp3) is 0.308. The summed E-state index contributed by atoms with van der Waals surface area (Å²) in [7, 11) is 1.17. The van der Waals surface area contributed by atoms with E-state index in [0.717, 1.165) is 18.2 Å². The Hall–Kier alpha value is -2.03. The predicted molar refractivity (Wildman–Crippen MR) is 73.7 cm³/mol. The first-order chi connectivity index (χ1) is 10.4. The predicted octanol–water partition coefficient (Wildman–Crippen LogP) is 2.85. The summed E-state index contributed by atoms with van der Waals surface area (Å²) in [6.45, 7) is -0.00940. The minimum Gasteiger partial charge on any atom is -0.465 e. The van der Waals surface area contributed by atoms with Crippen molar-refractivity contribution in [1.82, 2.24) is 14.8 Å². The summed E-state index contributed by atoms with van der Waals surface area (Å²) in [6, 6.07) is 2.89. The number of nitrogens with zero attached hydrogens (tertiary/aromatic N) is 3. The van der Waals surface area contributed by atoms with E-state index in [0.29, 0.717) is 5.16 Å². The Morgan fingerprint density at radius 3 is 2.73 bits per heavy atom. The van der Waals surface area contributed by atoms with Gasteiger partial charge in [0, 0.05) is 0 Å². The fourth-order valence-corrected chi connectivity index (χ4v) is 2.37. The maximum Gasteiger partial charge on any atom is 0.416 e. The summed E-state index contributed by atoms with van der Waals surface area (Å²) >= 11 is 1.30. The van der Waals surface area contributed by atoms with Gasteiger partial charge in [-0.2, -0.15) is 18.3 Å². The van der Waals surface area contributed by atoms with Gasteiger partial charge in [-0.05, 0) is 30.0 Å². The van der Waals surface area contributed by atoms with Crippen molar-refractivity contribution in [2.24, 2.45) is 0 Å². The Balaban J connectivity index is 2.47. The van der Waals surface area contributed by atoms with Gasteiger partial charge in [0.05, 0.1) is 24.8 Å². The van der Waals surface area contributed by atoms with Crippen molar-refractivity contribution in [3.8, 4) is 0 Å². The Labute approximate surface area is 128 Å². The first-order valence-electron chi connectivity index (χ1n) is 6.07. The number of aromatic nitrogens is 3. The molecule has 0 aliphatic heterocycles. The number of carbonyl (C=O) groups excluding carboxylic acids is 1. The summed E-state index contributed by atoms with van der Waals surface area (Å²) in [5.41, 5.74) is -0.596. The lowest BCUT2D eigenvalue weighted by molar-refractivity contribution is -0.137. The summed E-state index contributed by atoms with van der Waals surface area (Å²) in [6.07, 6.45) is -1.42. The molecule has 9 heteroatoms. The molecule has 1 aromatic carbocycles. The SMILES string of the molecule is COC(=O)c1ccc(C(F)(F)F)cc1Cn1ncnc1SC. The number of methoxy groups -OCH3 is 1. The molecule has 1 heterocycles. The molecular formula is C13H12F3N3O2S. The van der Waals surface area contributed by atoms with Gasteiger partial charge in [0.25, 0.3) is 0 Å². The highest BCUT2D eigenvalue weighted by Gasteiger charge is 2.31. The van der Waals surface area contributed by atoms with Crippen molar-refractivity contribution in [2.45, 2.75) is 17.9 Å². The van der Waals surface area contributed by atoms with Crippen LogP contribution >= 0.6 is 11.8 Å². The lowest BCUT2D eigenvalue weighted by Gasteiger charge is -2.13. The maximum absolute atomic E-state index is 12.9. The van der Waals surface area contributed by atoms with Crippen molar-refractivity contribution >= 4 is 17.7 Å². The van der Waals surface area contributed by atoms with E-state index in [1.54, 1.807) is 6.26 Å². The van der Waals surface area contributed by atoms with Gasteiger partial charge in [-0.25, -0.2) is 14.5 Å². The largest absolute Gasteiger partial charge is 0.465 e. The van der Waals surface area contributed by atoms with Crippen molar-refractivity contribution in [3.05, 3.63) is 41.2 Å². The maximum atomic E-state index is 12.9. The van der Waals surface area contributed by atoms with Crippen LogP contribution in [-0.2, 0) is 17.5 Å². The van der Waals surface area contributed by atoms with Crippen molar-refractivity contribution < 1.29 is 22.7 Å². The lowest BCUT2D eigenvalue weighted by atomic mass is 10.0. The smallest absolute Gasteiger partial charge is 0.416 e. The molecule has 0 amide bonds. The normalized spacial score (nSPS) is 11.5. The second-order valence-corrected chi connectivity index (χ2v) is 5.04. The van der Waals surface area contributed by atoms with Gasteiger partial charge in [0.2, 0.25) is 0 Å². The molecule has 0 bridgehead atoms. The van der Waals surface area contributed by atoms with E-state index >= 15 is 0 Å². The van der Waals surface area contributed by atoms with Gasteiger partial charge in [0.1, 0.15) is 6.33 Å². The van der Waals surface area contributed by atoms with E-state index in [4.69, 9.17) is 0 Å². The second kappa shape index (κ2) is 6.39. The standard InChI is InChI=1S/C13H12F3N3O2S/c1-21-11(20)10-4-3-9(13(14,15)16)5-8(10)6-19-12(22-2)17-7-18-19/h3-5,7H,6H2,1-2H3. The van der Waals surface area contributed by atoms with Crippen molar-refractivity contribution in [2.75, 3.05) is 13.4 Å². The number of hydrogen-bond donors (Lipinski definition) is 0. The number of halogens is 3. The molecule has 0 saturated heterocycles. The molecule has 1 aromatic heterocycles. The summed E-state index contributed by atoms with van der Waals surface area (Å²) in [5, 5.41) is 4.49. The molecule has 0 aliphatic rings. The molecule has 0 aliphatic carbocycles. The van der Waals surface area contributed by atoms with Gasteiger partial charge in [0.15, 0.2) is 5.16 Å². The molecule has 2 rings (SSSR count). The number of carbonyl (C=O) groups is 1. The fourth-order valence-electron chi connectivity index (χ4n) is 1.89. The van der Waals surface area contributed by atoms with Crippen LogP contribution in [0.15, 0.2) is 29.7 Å². The summed E-state index contributed by atoms with van der Waals surface area (Å²) in [5.74, 6) is -0.699. The van der Waals surface area contributed by atoms with E-state index in [9.17, 15) is 18.0 Å². The molecule has 5 nitrogen and oxygen atoms in total. The minimum atomic E-state index is -4.49. The molecular weight excluding hydrogens is 319 g/mol. The monoisotopic (exact) mass is 331 g/mol. The third-order valence-electron chi connectivity index (χ3n) is 2.92. The molecule has 0 N–H and O–H groups in total. The molecule has 0 fully saturated rings. The molecule has 0 spiro atoms. The third kappa shape index (κ3) is 3.41. The van der Waals surface area contributed by atoms with Crippen LogP contribution in [0.4, 0.5) is 13.2 Å². The van der Waals surface area contributed by atoms with Gasteiger partial charge >= 0.3 is 12.1 Å². The van der Waals surface area contributed by atoms with Gasteiger partial charge in [-0.15, -0.1) is 0 Å². The number of hydrogen-bond acceptors (Lipinski definition) is 5. The van der Waals surface area contributed by atoms with E-state index in [1.165, 1.54) is 29.9 Å². The average molecular weight is 331 g/mol. The Morgan fingerprint density at radius 2 is 2.14 bits per heavy atom. The Bertz CT molecular complexity index is 685. The molecule has 118 valence electrons. The molecule has 22 heavy (non-hydrogen) atoms. The second-order valence-electron chi connectivity index (χ2n) is 4.27.